The van der Waals surface area contributed by atoms with E-state index in [0.29, 0.717) is 11.8 Å². The summed E-state index contributed by atoms with van der Waals surface area (Å²) in [6.07, 6.45) is 12.5. The Kier molecular flexibility index (Phi) is 4.13. The van der Waals surface area contributed by atoms with E-state index in [2.05, 4.69) is 24.2 Å². The molecule has 0 aromatic heterocycles. The molecule has 1 N–H and O–H groups in total. The third-order valence-corrected chi connectivity index (χ3v) is 4.87. The molecule has 2 rings (SSSR count). The van der Waals surface area contributed by atoms with E-state index in [-0.39, 0.29) is 4.87 Å². The van der Waals surface area contributed by atoms with Crippen LogP contribution in [0.2, 0.25) is 0 Å². The molecule has 1 fully saturated rings. The molecule has 0 bridgehead atoms. The molecule has 0 heterocycles. The minimum Gasteiger partial charge on any atom is -0.411 e. The Balaban J connectivity index is 1.94. The van der Waals surface area contributed by atoms with E-state index >= 15 is 0 Å². The first-order valence-corrected chi connectivity index (χ1v) is 7.20. The van der Waals surface area contributed by atoms with Gasteiger partial charge in [-0.05, 0) is 19.3 Å². The van der Waals surface area contributed by atoms with Crippen LogP contribution in [0.4, 0.5) is 0 Å². The lowest BCUT2D eigenvalue weighted by Gasteiger charge is -2.52. The fraction of sp³-hybridized carbons (Fsp3) is 0.786. The number of allylic oxidation sites excluding steroid dienone is 2. The van der Waals surface area contributed by atoms with E-state index in [1.807, 2.05) is 0 Å². The van der Waals surface area contributed by atoms with Gasteiger partial charge in [-0.1, -0.05) is 49.9 Å². The van der Waals surface area contributed by atoms with Crippen LogP contribution in [0.15, 0.2) is 17.3 Å². The SMILES string of the molecule is CCCCCCC1/C(=N\O)C2(Cl)CCC=CC12. The molecule has 3 unspecified atom stereocenters. The molecule has 2 nitrogen and oxygen atoms in total. The first-order chi connectivity index (χ1) is 8.24. The van der Waals surface area contributed by atoms with Gasteiger partial charge >= 0.3 is 0 Å². The minimum atomic E-state index is -0.362. The number of unbranched alkanes of at least 4 members (excludes halogenated alkanes) is 3. The largest absolute Gasteiger partial charge is 0.411 e. The number of hydrogen-bond donors (Lipinski definition) is 1. The average Bonchev–Trinajstić information content (AvgIpc) is 2.32. The minimum absolute atomic E-state index is 0.362. The van der Waals surface area contributed by atoms with E-state index in [1.165, 1.54) is 25.7 Å². The van der Waals surface area contributed by atoms with Gasteiger partial charge in [0, 0.05) is 11.8 Å². The van der Waals surface area contributed by atoms with Crippen molar-refractivity contribution in [2.24, 2.45) is 17.0 Å². The van der Waals surface area contributed by atoms with Gasteiger partial charge in [0.05, 0.1) is 10.6 Å². The number of alkyl halides is 1. The summed E-state index contributed by atoms with van der Waals surface area (Å²) >= 11 is 6.57. The summed E-state index contributed by atoms with van der Waals surface area (Å²) in [4.78, 5) is -0.362. The van der Waals surface area contributed by atoms with Crippen LogP contribution in [-0.4, -0.2) is 15.8 Å². The maximum atomic E-state index is 9.14. The molecule has 2 aliphatic carbocycles. The monoisotopic (exact) mass is 255 g/mol. The van der Waals surface area contributed by atoms with E-state index < -0.39 is 0 Å². The number of rotatable bonds is 5. The summed E-state index contributed by atoms with van der Waals surface area (Å²) in [7, 11) is 0. The van der Waals surface area contributed by atoms with E-state index in [9.17, 15) is 0 Å². The topological polar surface area (TPSA) is 32.6 Å². The van der Waals surface area contributed by atoms with Crippen molar-refractivity contribution in [2.45, 2.75) is 56.7 Å². The molecule has 0 radical (unpaired) electrons. The van der Waals surface area contributed by atoms with E-state index in [1.54, 1.807) is 0 Å². The third kappa shape index (κ3) is 2.24. The number of fused-ring (bicyclic) bond motifs is 1. The highest BCUT2D eigenvalue weighted by molar-refractivity contribution is 6.39. The van der Waals surface area contributed by atoms with Gasteiger partial charge < -0.3 is 5.21 Å². The van der Waals surface area contributed by atoms with Crippen molar-refractivity contribution in [1.82, 2.24) is 0 Å². The van der Waals surface area contributed by atoms with E-state index in [0.717, 1.165) is 25.0 Å². The molecule has 0 amide bonds. The molecule has 17 heavy (non-hydrogen) atoms. The highest BCUT2D eigenvalue weighted by atomic mass is 35.5. The molecule has 0 aromatic carbocycles. The van der Waals surface area contributed by atoms with Crippen molar-refractivity contribution in [1.29, 1.82) is 0 Å². The number of nitrogens with zero attached hydrogens (tertiary/aromatic N) is 1. The Hall–Kier alpha value is -0.500. The highest BCUT2D eigenvalue weighted by Gasteiger charge is 2.58. The smallest absolute Gasteiger partial charge is 0.0934 e. The fourth-order valence-electron chi connectivity index (χ4n) is 3.25. The molecule has 1 saturated carbocycles. The Labute approximate surface area is 109 Å². The molecule has 3 atom stereocenters. The molecule has 0 aromatic rings. The third-order valence-electron chi connectivity index (χ3n) is 4.23. The van der Waals surface area contributed by atoms with Crippen LogP contribution in [0.3, 0.4) is 0 Å². The summed E-state index contributed by atoms with van der Waals surface area (Å²) in [6, 6.07) is 0. The highest BCUT2D eigenvalue weighted by Crippen LogP contribution is 2.53. The average molecular weight is 256 g/mol. The molecular weight excluding hydrogens is 234 g/mol. The Morgan fingerprint density at radius 2 is 2.29 bits per heavy atom. The van der Waals surface area contributed by atoms with Gasteiger partial charge in [-0.25, -0.2) is 0 Å². The molecule has 3 heteroatoms. The first kappa shape index (κ1) is 12.9. The lowest BCUT2D eigenvalue weighted by atomic mass is 9.57. The molecule has 0 aliphatic heterocycles. The zero-order valence-corrected chi connectivity index (χ0v) is 11.3. The van der Waals surface area contributed by atoms with Gasteiger partial charge in [-0.15, -0.1) is 11.6 Å². The van der Waals surface area contributed by atoms with Gasteiger partial charge in [0.15, 0.2) is 0 Å². The van der Waals surface area contributed by atoms with Gasteiger partial charge in [0.25, 0.3) is 0 Å². The van der Waals surface area contributed by atoms with Crippen molar-refractivity contribution in [2.75, 3.05) is 0 Å². The number of halogens is 1. The predicted molar refractivity (Wildman–Crippen MR) is 71.9 cm³/mol. The maximum Gasteiger partial charge on any atom is 0.0934 e. The van der Waals surface area contributed by atoms with Crippen LogP contribution < -0.4 is 0 Å². The van der Waals surface area contributed by atoms with Crippen molar-refractivity contribution in [3.05, 3.63) is 12.2 Å². The number of hydrogen-bond acceptors (Lipinski definition) is 2. The molecule has 2 aliphatic rings. The van der Waals surface area contributed by atoms with Crippen molar-refractivity contribution >= 4 is 17.3 Å². The lowest BCUT2D eigenvalue weighted by Crippen LogP contribution is -2.60. The lowest BCUT2D eigenvalue weighted by molar-refractivity contribution is 0.250. The first-order valence-electron chi connectivity index (χ1n) is 6.82. The summed E-state index contributed by atoms with van der Waals surface area (Å²) < 4.78 is 0. The van der Waals surface area contributed by atoms with Gasteiger partial charge in [0.2, 0.25) is 0 Å². The van der Waals surface area contributed by atoms with Crippen LogP contribution in [0.1, 0.15) is 51.9 Å². The van der Waals surface area contributed by atoms with Gasteiger partial charge in [0.1, 0.15) is 0 Å². The Morgan fingerprint density at radius 1 is 1.47 bits per heavy atom. The second-order valence-electron chi connectivity index (χ2n) is 5.30. The molecule has 96 valence electrons. The maximum absolute atomic E-state index is 9.14. The van der Waals surface area contributed by atoms with Crippen molar-refractivity contribution in [3.8, 4) is 0 Å². The van der Waals surface area contributed by atoms with Crippen LogP contribution >= 0.6 is 11.6 Å². The van der Waals surface area contributed by atoms with Crippen LogP contribution in [0, 0.1) is 11.8 Å². The van der Waals surface area contributed by atoms with Crippen molar-refractivity contribution < 1.29 is 5.21 Å². The predicted octanol–water partition coefficient (Wildman–Crippen LogP) is 4.36. The molecule has 0 saturated heterocycles. The second-order valence-corrected chi connectivity index (χ2v) is 5.97. The summed E-state index contributed by atoms with van der Waals surface area (Å²) in [5.41, 5.74) is 0.838. The van der Waals surface area contributed by atoms with Crippen LogP contribution in [-0.2, 0) is 0 Å². The zero-order chi connectivity index (χ0) is 12.3. The summed E-state index contributed by atoms with van der Waals surface area (Å²) in [5, 5.41) is 12.6. The Morgan fingerprint density at radius 3 is 3.00 bits per heavy atom. The summed E-state index contributed by atoms with van der Waals surface area (Å²) in [5.74, 6) is 0.774. The van der Waals surface area contributed by atoms with Crippen molar-refractivity contribution in [3.63, 3.8) is 0 Å². The Bertz CT molecular complexity index is 326. The van der Waals surface area contributed by atoms with Gasteiger partial charge in [-0.3, -0.25) is 0 Å². The molecule has 0 spiro atoms. The van der Waals surface area contributed by atoms with Crippen LogP contribution in [0.5, 0.6) is 0 Å². The molecular formula is C14H22ClNO. The van der Waals surface area contributed by atoms with E-state index in [4.69, 9.17) is 16.8 Å². The number of oxime groups is 1. The van der Waals surface area contributed by atoms with Gasteiger partial charge in [-0.2, -0.15) is 0 Å². The fourth-order valence-corrected chi connectivity index (χ4v) is 3.77. The standard InChI is InChI=1S/C14H22ClNO/c1-2-3-4-5-8-11-12-9-6-7-10-14(12,15)13(11)16-17/h6,9,11-12,17H,2-5,7-8,10H2,1H3/b16-13+. The van der Waals surface area contributed by atoms with Crippen LogP contribution in [0.25, 0.3) is 0 Å². The second kappa shape index (κ2) is 5.43. The normalized spacial score (nSPS) is 37.9. The zero-order valence-electron chi connectivity index (χ0n) is 10.5. The quantitative estimate of drug-likeness (QED) is 0.256. The summed E-state index contributed by atoms with van der Waals surface area (Å²) in [6.45, 7) is 2.22.